The molecule has 0 aliphatic rings. The summed E-state index contributed by atoms with van der Waals surface area (Å²) < 4.78 is 7.05. The maximum atomic E-state index is 12.3. The molecule has 2 N–H and O–H groups in total. The van der Waals surface area contributed by atoms with Crippen LogP contribution in [-0.2, 0) is 20.0 Å². The Morgan fingerprint density at radius 1 is 1.37 bits per heavy atom. The topological polar surface area (TPSA) is 111 Å². The molecule has 0 fully saturated rings. The van der Waals surface area contributed by atoms with Crippen LogP contribution in [0, 0.1) is 0 Å². The Hall–Kier alpha value is -3.23. The van der Waals surface area contributed by atoms with Gasteiger partial charge in [0.1, 0.15) is 12.1 Å². The van der Waals surface area contributed by atoms with E-state index in [1.54, 1.807) is 18.5 Å². The Morgan fingerprint density at radius 2 is 2.22 bits per heavy atom. The molecule has 1 atom stereocenters. The lowest BCUT2D eigenvalue weighted by molar-refractivity contribution is 0.0946. The van der Waals surface area contributed by atoms with Crippen molar-refractivity contribution in [3.63, 3.8) is 0 Å². The highest BCUT2D eigenvalue weighted by Gasteiger charge is 2.13. The molecule has 0 bridgehead atoms. The number of anilines is 1. The summed E-state index contributed by atoms with van der Waals surface area (Å²) in [6.45, 7) is 4.34. The minimum absolute atomic E-state index is 0.0616. The molecule has 0 aliphatic carbocycles. The predicted octanol–water partition coefficient (Wildman–Crippen LogP) is 2.25. The normalized spacial score (nSPS) is 12.0. The molecule has 3 aromatic rings. The fourth-order valence-electron chi connectivity index (χ4n) is 2.67. The number of hydrogen-bond donors (Lipinski definition) is 2. The highest BCUT2D eigenvalue weighted by atomic mass is 16.5. The van der Waals surface area contributed by atoms with Gasteiger partial charge in [0.05, 0.1) is 23.8 Å². The average Bonchev–Trinajstić information content (AvgIpc) is 3.29. The van der Waals surface area contributed by atoms with E-state index in [1.165, 1.54) is 6.20 Å². The largest absolute Gasteiger partial charge is 0.360 e. The van der Waals surface area contributed by atoms with Crippen molar-refractivity contribution >= 4 is 11.7 Å². The van der Waals surface area contributed by atoms with E-state index in [1.807, 2.05) is 24.6 Å². The molecule has 9 nitrogen and oxygen atoms in total. The average molecular weight is 369 g/mol. The zero-order valence-corrected chi connectivity index (χ0v) is 15.6. The van der Waals surface area contributed by atoms with Crippen LogP contribution in [-0.4, -0.2) is 30.8 Å². The smallest absolute Gasteiger partial charge is 0.253 e. The lowest BCUT2D eigenvalue weighted by Gasteiger charge is -2.13. The number of rotatable bonds is 8. The van der Waals surface area contributed by atoms with Gasteiger partial charge in [-0.1, -0.05) is 18.5 Å². The quantitative estimate of drug-likeness (QED) is 0.626. The van der Waals surface area contributed by atoms with Gasteiger partial charge in [-0.25, -0.2) is 4.98 Å². The zero-order valence-electron chi connectivity index (χ0n) is 15.6. The summed E-state index contributed by atoms with van der Waals surface area (Å²) >= 11 is 0. The van der Waals surface area contributed by atoms with Crippen molar-refractivity contribution in [3.8, 4) is 0 Å². The fraction of sp³-hybridized carbons (Fsp3) is 0.389. The van der Waals surface area contributed by atoms with E-state index in [0.717, 1.165) is 24.4 Å². The first-order valence-electron chi connectivity index (χ1n) is 8.86. The lowest BCUT2D eigenvalue weighted by atomic mass is 10.2. The van der Waals surface area contributed by atoms with Gasteiger partial charge in [0.25, 0.3) is 5.91 Å². The summed E-state index contributed by atoms with van der Waals surface area (Å²) in [6, 6.07) is 5.28. The standard InChI is InChI=1S/C18H23N7O2/c1-4-5-14-8-15(27-24-14)10-20-18(26)13-6-7-16(19-9-13)22-12(2)17-23-21-11-25(17)3/h6-9,11-12H,4-5,10H2,1-3H3,(H,19,22)(H,20,26)/t12-/m0/s1. The Morgan fingerprint density at radius 3 is 2.89 bits per heavy atom. The number of aromatic nitrogens is 5. The van der Waals surface area contributed by atoms with Gasteiger partial charge in [0.2, 0.25) is 0 Å². The third kappa shape index (κ3) is 4.69. The van der Waals surface area contributed by atoms with Crippen LogP contribution in [0.3, 0.4) is 0 Å². The summed E-state index contributed by atoms with van der Waals surface area (Å²) in [6.07, 6.45) is 5.04. The van der Waals surface area contributed by atoms with Gasteiger partial charge < -0.3 is 19.7 Å². The van der Waals surface area contributed by atoms with Crippen molar-refractivity contribution in [2.75, 3.05) is 5.32 Å². The van der Waals surface area contributed by atoms with Gasteiger partial charge in [-0.2, -0.15) is 0 Å². The van der Waals surface area contributed by atoms with Crippen molar-refractivity contribution in [1.82, 2.24) is 30.2 Å². The molecule has 3 aromatic heterocycles. The highest BCUT2D eigenvalue weighted by Crippen LogP contribution is 2.15. The number of carbonyl (C=O) groups excluding carboxylic acids is 1. The molecule has 0 saturated heterocycles. The molecule has 0 aliphatic heterocycles. The Labute approximate surface area is 157 Å². The van der Waals surface area contributed by atoms with Crippen molar-refractivity contribution < 1.29 is 9.32 Å². The zero-order chi connectivity index (χ0) is 19.2. The second-order valence-corrected chi connectivity index (χ2v) is 6.32. The van der Waals surface area contributed by atoms with E-state index >= 15 is 0 Å². The molecular formula is C18H23N7O2. The summed E-state index contributed by atoms with van der Waals surface area (Å²) in [7, 11) is 1.88. The molecule has 0 spiro atoms. The second kappa shape index (κ2) is 8.43. The number of carbonyl (C=O) groups is 1. The molecule has 3 heterocycles. The summed E-state index contributed by atoms with van der Waals surface area (Å²) in [5.74, 6) is 1.87. The number of pyridine rings is 1. The first-order valence-corrected chi connectivity index (χ1v) is 8.86. The molecule has 0 aromatic carbocycles. The third-order valence-corrected chi connectivity index (χ3v) is 4.06. The number of hydrogen-bond acceptors (Lipinski definition) is 7. The third-order valence-electron chi connectivity index (χ3n) is 4.06. The van der Waals surface area contributed by atoms with Crippen LogP contribution in [0.4, 0.5) is 5.82 Å². The number of nitrogens with one attached hydrogen (secondary N) is 2. The van der Waals surface area contributed by atoms with Crippen molar-refractivity contribution in [2.45, 2.75) is 39.3 Å². The van der Waals surface area contributed by atoms with Crippen LogP contribution in [0.1, 0.15) is 53.9 Å². The molecule has 0 saturated carbocycles. The van der Waals surface area contributed by atoms with Gasteiger partial charge in [0, 0.05) is 19.3 Å². The predicted molar refractivity (Wildman–Crippen MR) is 98.9 cm³/mol. The summed E-state index contributed by atoms with van der Waals surface area (Å²) in [5.41, 5.74) is 1.37. The monoisotopic (exact) mass is 369 g/mol. The van der Waals surface area contributed by atoms with Gasteiger partial charge in [-0.3, -0.25) is 4.79 Å². The minimum Gasteiger partial charge on any atom is -0.360 e. The Balaban J connectivity index is 1.54. The summed E-state index contributed by atoms with van der Waals surface area (Å²) in [4.78, 5) is 16.6. The Kier molecular flexibility index (Phi) is 5.80. The maximum Gasteiger partial charge on any atom is 0.253 e. The van der Waals surface area contributed by atoms with Crippen LogP contribution < -0.4 is 10.6 Å². The van der Waals surface area contributed by atoms with Crippen molar-refractivity contribution in [1.29, 1.82) is 0 Å². The number of aryl methyl sites for hydroxylation is 2. The van der Waals surface area contributed by atoms with Crippen molar-refractivity contribution in [2.24, 2.45) is 7.05 Å². The lowest BCUT2D eigenvalue weighted by Crippen LogP contribution is -2.22. The first kappa shape index (κ1) is 18.6. The van der Waals surface area contributed by atoms with E-state index in [0.29, 0.717) is 23.7 Å². The van der Waals surface area contributed by atoms with Crippen LogP contribution >= 0.6 is 0 Å². The number of nitrogens with zero attached hydrogens (tertiary/aromatic N) is 5. The van der Waals surface area contributed by atoms with E-state index in [2.05, 4.69) is 37.9 Å². The summed E-state index contributed by atoms with van der Waals surface area (Å²) in [5, 5.41) is 17.9. The number of amides is 1. The minimum atomic E-state index is -0.219. The van der Waals surface area contributed by atoms with Gasteiger partial charge >= 0.3 is 0 Å². The molecule has 0 unspecified atom stereocenters. The van der Waals surface area contributed by atoms with Crippen LogP contribution in [0.25, 0.3) is 0 Å². The second-order valence-electron chi connectivity index (χ2n) is 6.32. The van der Waals surface area contributed by atoms with Crippen LogP contribution in [0.2, 0.25) is 0 Å². The highest BCUT2D eigenvalue weighted by molar-refractivity contribution is 5.93. The SMILES string of the molecule is CCCc1cc(CNC(=O)c2ccc(N[C@@H](C)c3nncn3C)nc2)on1. The molecular weight excluding hydrogens is 346 g/mol. The molecule has 3 rings (SSSR count). The fourth-order valence-corrected chi connectivity index (χ4v) is 2.67. The molecule has 9 heteroatoms. The van der Waals surface area contributed by atoms with Crippen LogP contribution in [0.5, 0.6) is 0 Å². The Bertz CT molecular complexity index is 885. The van der Waals surface area contributed by atoms with Gasteiger partial charge in [-0.15, -0.1) is 10.2 Å². The van der Waals surface area contributed by atoms with Crippen LogP contribution in [0.15, 0.2) is 35.2 Å². The van der Waals surface area contributed by atoms with Gasteiger partial charge in [0.15, 0.2) is 11.6 Å². The molecule has 1 amide bonds. The maximum absolute atomic E-state index is 12.3. The molecule has 27 heavy (non-hydrogen) atoms. The van der Waals surface area contributed by atoms with E-state index in [9.17, 15) is 4.79 Å². The first-order chi connectivity index (χ1) is 13.1. The van der Waals surface area contributed by atoms with E-state index in [-0.39, 0.29) is 11.9 Å². The van der Waals surface area contributed by atoms with Crippen molar-refractivity contribution in [3.05, 3.63) is 53.6 Å². The molecule has 142 valence electrons. The molecule has 0 radical (unpaired) electrons. The van der Waals surface area contributed by atoms with E-state index < -0.39 is 0 Å². The van der Waals surface area contributed by atoms with E-state index in [4.69, 9.17) is 4.52 Å². The van der Waals surface area contributed by atoms with Gasteiger partial charge in [-0.05, 0) is 25.5 Å².